The average molecular weight is 582 g/mol. The number of nitrogens with zero attached hydrogens (tertiary/aromatic N) is 1. The van der Waals surface area contributed by atoms with E-state index in [0.717, 1.165) is 43.2 Å². The van der Waals surface area contributed by atoms with Crippen LogP contribution in [0.3, 0.4) is 0 Å². The van der Waals surface area contributed by atoms with Crippen LogP contribution in [0.2, 0.25) is 0 Å². The predicted octanol–water partition coefficient (Wildman–Crippen LogP) is 6.59. The fourth-order valence-electron chi connectivity index (χ4n) is 4.63. The van der Waals surface area contributed by atoms with Gasteiger partial charge in [0.05, 0.1) is 0 Å². The van der Waals surface area contributed by atoms with Gasteiger partial charge in [0, 0.05) is 18.5 Å². The Balaban J connectivity index is 2.56. The fraction of sp³-hybridized carbons (Fsp3) is 0.559. The highest BCUT2D eigenvalue weighted by Crippen LogP contribution is 2.26. The third-order valence-corrected chi connectivity index (χ3v) is 6.60. The molecule has 0 spiro atoms. The van der Waals surface area contributed by atoms with E-state index in [1.807, 2.05) is 52.0 Å². The van der Waals surface area contributed by atoms with Gasteiger partial charge in [0.1, 0.15) is 23.4 Å². The predicted molar refractivity (Wildman–Crippen MR) is 167 cm³/mol. The first-order valence-electron chi connectivity index (χ1n) is 15.1. The number of phenols is 1. The van der Waals surface area contributed by atoms with Crippen molar-refractivity contribution in [3.63, 3.8) is 0 Å². The van der Waals surface area contributed by atoms with Crippen LogP contribution in [0.5, 0.6) is 5.75 Å². The van der Waals surface area contributed by atoms with Gasteiger partial charge in [-0.3, -0.25) is 9.59 Å². The van der Waals surface area contributed by atoms with Gasteiger partial charge >= 0.3 is 6.09 Å². The van der Waals surface area contributed by atoms with Crippen molar-refractivity contribution < 1.29 is 24.2 Å². The molecule has 0 aromatic heterocycles. The van der Waals surface area contributed by atoms with E-state index in [1.165, 1.54) is 0 Å². The molecule has 232 valence electrons. The van der Waals surface area contributed by atoms with Crippen LogP contribution in [-0.4, -0.2) is 51.6 Å². The number of ether oxygens (including phenoxy) is 1. The number of aryl methyl sites for hydroxylation is 1. The first kappa shape index (κ1) is 34.7. The Labute approximate surface area is 252 Å². The maximum absolute atomic E-state index is 14.5. The highest BCUT2D eigenvalue weighted by atomic mass is 16.6. The molecule has 2 atom stereocenters. The van der Waals surface area contributed by atoms with Crippen molar-refractivity contribution in [1.29, 1.82) is 0 Å². The molecule has 8 nitrogen and oxygen atoms in total. The van der Waals surface area contributed by atoms with Crippen molar-refractivity contribution >= 4 is 17.9 Å². The number of amides is 3. The highest BCUT2D eigenvalue weighted by molar-refractivity contribution is 5.92. The summed E-state index contributed by atoms with van der Waals surface area (Å²) in [5.74, 6) is -0.554. The topological polar surface area (TPSA) is 108 Å². The standard InChI is InChI=1S/C34H51N3O5/c1-9-10-11-12-13-22-37(29(30(39)36-33(3,4)5)26-18-14-24(2)15-19-26)31(40)28(35-32(41)42-34(6,7)8)23-25-16-20-27(38)21-17-25/h14-21,28-29,38H,9-13,22-23H2,1-8H3,(H,35,41)(H,36,39). The second-order valence-corrected chi connectivity index (χ2v) is 13.1. The lowest BCUT2D eigenvalue weighted by molar-refractivity contribution is -0.143. The molecule has 2 aromatic rings. The molecule has 0 bridgehead atoms. The molecule has 0 saturated carbocycles. The summed E-state index contributed by atoms with van der Waals surface area (Å²) in [6, 6.07) is 12.3. The van der Waals surface area contributed by atoms with Crippen LogP contribution in [0, 0.1) is 6.92 Å². The van der Waals surface area contributed by atoms with Gasteiger partial charge in [-0.2, -0.15) is 0 Å². The number of rotatable bonds is 13. The zero-order valence-electron chi connectivity index (χ0n) is 26.8. The maximum atomic E-state index is 14.5. The minimum Gasteiger partial charge on any atom is -0.508 e. The zero-order valence-corrected chi connectivity index (χ0v) is 26.8. The summed E-state index contributed by atoms with van der Waals surface area (Å²) in [5, 5.41) is 15.6. The lowest BCUT2D eigenvalue weighted by Gasteiger charge is -2.36. The van der Waals surface area contributed by atoms with Gasteiger partial charge < -0.3 is 25.4 Å². The van der Waals surface area contributed by atoms with Crippen LogP contribution in [0.4, 0.5) is 4.79 Å². The normalized spacial score (nSPS) is 13.1. The number of benzene rings is 2. The minimum atomic E-state index is -1.00. The van der Waals surface area contributed by atoms with E-state index in [9.17, 15) is 19.5 Å². The summed E-state index contributed by atoms with van der Waals surface area (Å²) in [6.07, 6.45) is 4.31. The molecule has 0 saturated heterocycles. The Morgan fingerprint density at radius 3 is 2.02 bits per heavy atom. The number of carbonyl (C=O) groups excluding carboxylic acids is 3. The molecule has 0 aliphatic rings. The Morgan fingerprint density at radius 1 is 0.881 bits per heavy atom. The maximum Gasteiger partial charge on any atom is 0.408 e. The van der Waals surface area contributed by atoms with Gasteiger partial charge in [0.15, 0.2) is 0 Å². The Morgan fingerprint density at radius 2 is 1.48 bits per heavy atom. The largest absolute Gasteiger partial charge is 0.508 e. The van der Waals surface area contributed by atoms with Gasteiger partial charge in [-0.15, -0.1) is 0 Å². The smallest absolute Gasteiger partial charge is 0.408 e. The van der Waals surface area contributed by atoms with Crippen molar-refractivity contribution in [2.45, 2.75) is 117 Å². The molecule has 3 amide bonds. The number of carbonyl (C=O) groups is 3. The van der Waals surface area contributed by atoms with Gasteiger partial charge in [0.25, 0.3) is 0 Å². The quantitative estimate of drug-likeness (QED) is 0.231. The van der Waals surface area contributed by atoms with Crippen LogP contribution < -0.4 is 10.6 Å². The van der Waals surface area contributed by atoms with Crippen molar-refractivity contribution in [1.82, 2.24) is 15.5 Å². The minimum absolute atomic E-state index is 0.105. The van der Waals surface area contributed by atoms with Crippen molar-refractivity contribution in [2.24, 2.45) is 0 Å². The molecule has 0 fully saturated rings. The third kappa shape index (κ3) is 12.1. The van der Waals surface area contributed by atoms with E-state index >= 15 is 0 Å². The Kier molecular flexibility index (Phi) is 12.9. The second-order valence-electron chi connectivity index (χ2n) is 13.1. The second kappa shape index (κ2) is 15.6. The first-order valence-corrected chi connectivity index (χ1v) is 15.1. The van der Waals surface area contributed by atoms with E-state index in [4.69, 9.17) is 4.74 Å². The fourth-order valence-corrected chi connectivity index (χ4v) is 4.63. The molecule has 0 heterocycles. The van der Waals surface area contributed by atoms with Gasteiger partial charge in [-0.05, 0) is 78.1 Å². The summed E-state index contributed by atoms with van der Waals surface area (Å²) < 4.78 is 5.51. The molecule has 2 rings (SSSR count). The number of alkyl carbamates (subject to hydrolysis) is 1. The number of hydrogen-bond acceptors (Lipinski definition) is 5. The van der Waals surface area contributed by atoms with Crippen LogP contribution >= 0.6 is 0 Å². The molecule has 0 aliphatic heterocycles. The molecule has 42 heavy (non-hydrogen) atoms. The Hall–Kier alpha value is -3.55. The van der Waals surface area contributed by atoms with E-state index in [2.05, 4.69) is 17.6 Å². The SMILES string of the molecule is CCCCCCCN(C(=O)C(Cc1ccc(O)cc1)NC(=O)OC(C)(C)C)C(C(=O)NC(C)(C)C)c1ccc(C)cc1. The number of phenolic OH excluding ortho intramolecular Hbond substituents is 1. The number of unbranched alkanes of at least 4 members (excludes halogenated alkanes) is 4. The molecule has 0 radical (unpaired) electrons. The lowest BCUT2D eigenvalue weighted by Crippen LogP contribution is -2.55. The average Bonchev–Trinajstić information content (AvgIpc) is 2.87. The lowest BCUT2D eigenvalue weighted by atomic mass is 9.98. The van der Waals surface area contributed by atoms with E-state index in [-0.39, 0.29) is 24.0 Å². The van der Waals surface area contributed by atoms with Crippen LogP contribution in [-0.2, 0) is 20.7 Å². The van der Waals surface area contributed by atoms with Crippen molar-refractivity contribution in [3.8, 4) is 5.75 Å². The third-order valence-electron chi connectivity index (χ3n) is 6.60. The van der Waals surface area contributed by atoms with Gasteiger partial charge in [-0.25, -0.2) is 4.79 Å². The summed E-state index contributed by atoms with van der Waals surface area (Å²) in [4.78, 5) is 43.0. The summed E-state index contributed by atoms with van der Waals surface area (Å²) in [5.41, 5.74) is 1.21. The first-order chi connectivity index (χ1) is 19.6. The molecular weight excluding hydrogens is 530 g/mol. The van der Waals surface area contributed by atoms with E-state index in [0.29, 0.717) is 12.1 Å². The molecule has 0 aliphatic carbocycles. The summed E-state index contributed by atoms with van der Waals surface area (Å²) in [7, 11) is 0. The Bertz CT molecular complexity index is 1150. The number of hydrogen-bond donors (Lipinski definition) is 3. The molecule has 2 unspecified atom stereocenters. The van der Waals surface area contributed by atoms with E-state index < -0.39 is 29.3 Å². The molecule has 8 heteroatoms. The van der Waals surface area contributed by atoms with Crippen LogP contribution in [0.1, 0.15) is 103 Å². The van der Waals surface area contributed by atoms with Gasteiger partial charge in [-0.1, -0.05) is 74.6 Å². The van der Waals surface area contributed by atoms with Crippen LogP contribution in [0.15, 0.2) is 48.5 Å². The molecule has 3 N–H and O–H groups in total. The monoisotopic (exact) mass is 581 g/mol. The zero-order chi connectivity index (χ0) is 31.5. The van der Waals surface area contributed by atoms with Crippen LogP contribution in [0.25, 0.3) is 0 Å². The molecular formula is C34H51N3O5. The van der Waals surface area contributed by atoms with Crippen molar-refractivity contribution in [3.05, 3.63) is 65.2 Å². The van der Waals surface area contributed by atoms with Crippen molar-refractivity contribution in [2.75, 3.05) is 6.54 Å². The highest BCUT2D eigenvalue weighted by Gasteiger charge is 2.37. The number of nitrogens with one attached hydrogen (secondary N) is 2. The summed E-state index contributed by atoms with van der Waals surface area (Å²) in [6.45, 7) is 15.5. The molecule has 2 aromatic carbocycles. The number of aromatic hydroxyl groups is 1. The van der Waals surface area contributed by atoms with E-state index in [1.54, 1.807) is 49.9 Å². The van der Waals surface area contributed by atoms with Gasteiger partial charge in [0.2, 0.25) is 11.8 Å². The summed E-state index contributed by atoms with van der Waals surface area (Å²) >= 11 is 0.